The highest BCUT2D eigenvalue weighted by Gasteiger charge is 2.16. The molecule has 28 heavy (non-hydrogen) atoms. The van der Waals surface area contributed by atoms with Crippen LogP contribution < -0.4 is 0 Å². The molecule has 0 saturated carbocycles. The fourth-order valence-electron chi connectivity index (χ4n) is 2.94. The number of aliphatic hydroxyl groups excluding tert-OH is 1. The Morgan fingerprint density at radius 3 is 2.82 bits per heavy atom. The number of carbonyl (C=O) groups excluding carboxylic acids is 1. The SMILES string of the molecule is COCCOC[C@H](O)Cn1ncc(-c2ccn3ncc(C(=O)OC)c3c2)c1C. The van der Waals surface area contributed by atoms with Crippen LogP contribution in [-0.2, 0) is 20.8 Å². The third-order valence-electron chi connectivity index (χ3n) is 4.47. The molecule has 0 bridgehead atoms. The Morgan fingerprint density at radius 1 is 1.25 bits per heavy atom. The lowest BCUT2D eigenvalue weighted by atomic mass is 10.1. The van der Waals surface area contributed by atoms with Gasteiger partial charge in [-0.1, -0.05) is 0 Å². The Labute approximate surface area is 162 Å². The Morgan fingerprint density at radius 2 is 2.07 bits per heavy atom. The molecule has 0 aliphatic carbocycles. The number of methoxy groups -OCH3 is 2. The largest absolute Gasteiger partial charge is 0.465 e. The minimum Gasteiger partial charge on any atom is -0.465 e. The normalized spacial score (nSPS) is 12.4. The van der Waals surface area contributed by atoms with Gasteiger partial charge in [-0.15, -0.1) is 0 Å². The summed E-state index contributed by atoms with van der Waals surface area (Å²) in [6.45, 7) is 3.39. The predicted octanol–water partition coefficient (Wildman–Crippen LogP) is 1.32. The van der Waals surface area contributed by atoms with Crippen molar-refractivity contribution in [2.45, 2.75) is 19.6 Å². The maximum Gasteiger partial charge on any atom is 0.341 e. The molecule has 0 aliphatic heterocycles. The number of hydrogen-bond donors (Lipinski definition) is 1. The molecule has 0 fully saturated rings. The van der Waals surface area contributed by atoms with Crippen molar-refractivity contribution in [3.8, 4) is 11.1 Å². The van der Waals surface area contributed by atoms with E-state index in [9.17, 15) is 9.90 Å². The average molecular weight is 388 g/mol. The van der Waals surface area contributed by atoms with Crippen molar-refractivity contribution in [2.75, 3.05) is 34.0 Å². The van der Waals surface area contributed by atoms with Crippen molar-refractivity contribution >= 4 is 11.5 Å². The molecule has 0 amide bonds. The van der Waals surface area contributed by atoms with Crippen LogP contribution in [0.3, 0.4) is 0 Å². The summed E-state index contributed by atoms with van der Waals surface area (Å²) < 4.78 is 18.4. The van der Waals surface area contributed by atoms with Gasteiger partial charge in [0.25, 0.3) is 0 Å². The van der Waals surface area contributed by atoms with E-state index in [1.807, 2.05) is 19.1 Å². The predicted molar refractivity (Wildman–Crippen MR) is 101 cm³/mol. The van der Waals surface area contributed by atoms with E-state index in [1.54, 1.807) is 28.7 Å². The number of carbonyl (C=O) groups is 1. The van der Waals surface area contributed by atoms with E-state index >= 15 is 0 Å². The van der Waals surface area contributed by atoms with E-state index in [4.69, 9.17) is 14.2 Å². The first-order valence-corrected chi connectivity index (χ1v) is 8.88. The lowest BCUT2D eigenvalue weighted by molar-refractivity contribution is 0.00577. The molecule has 3 aromatic rings. The standard InChI is InChI=1S/C19H24N4O5/c1-13-16(9-21-23(13)11-15(24)12-28-7-6-26-2)14-4-5-22-18(8-14)17(10-20-22)19(25)27-3/h4-5,8-10,15,24H,6-7,11-12H2,1-3H3/t15-/m1/s1. The van der Waals surface area contributed by atoms with E-state index in [1.165, 1.54) is 13.3 Å². The zero-order chi connectivity index (χ0) is 20.1. The van der Waals surface area contributed by atoms with E-state index in [0.717, 1.165) is 16.8 Å². The van der Waals surface area contributed by atoms with Gasteiger partial charge in [0.15, 0.2) is 0 Å². The lowest BCUT2D eigenvalue weighted by Gasteiger charge is -2.13. The molecule has 0 spiro atoms. The van der Waals surface area contributed by atoms with Crippen LogP contribution >= 0.6 is 0 Å². The van der Waals surface area contributed by atoms with Crippen LogP contribution in [0.25, 0.3) is 16.6 Å². The van der Waals surface area contributed by atoms with Gasteiger partial charge in [0.1, 0.15) is 5.56 Å². The smallest absolute Gasteiger partial charge is 0.341 e. The number of esters is 1. The zero-order valence-corrected chi connectivity index (χ0v) is 16.2. The molecule has 9 nitrogen and oxygen atoms in total. The number of fused-ring (bicyclic) bond motifs is 1. The molecule has 0 aliphatic rings. The number of hydrogen-bond acceptors (Lipinski definition) is 7. The van der Waals surface area contributed by atoms with Crippen molar-refractivity contribution in [3.05, 3.63) is 42.0 Å². The van der Waals surface area contributed by atoms with Gasteiger partial charge in [-0.25, -0.2) is 9.31 Å². The molecule has 0 unspecified atom stereocenters. The van der Waals surface area contributed by atoms with Crippen molar-refractivity contribution in [1.29, 1.82) is 0 Å². The summed E-state index contributed by atoms with van der Waals surface area (Å²) in [6.07, 6.45) is 4.34. The summed E-state index contributed by atoms with van der Waals surface area (Å²) >= 11 is 0. The fourth-order valence-corrected chi connectivity index (χ4v) is 2.94. The van der Waals surface area contributed by atoms with Crippen molar-refractivity contribution in [3.63, 3.8) is 0 Å². The summed E-state index contributed by atoms with van der Waals surface area (Å²) in [5.41, 5.74) is 3.76. The second-order valence-electron chi connectivity index (χ2n) is 6.34. The summed E-state index contributed by atoms with van der Waals surface area (Å²) in [4.78, 5) is 11.9. The molecule has 0 saturated heterocycles. The van der Waals surface area contributed by atoms with Gasteiger partial charge >= 0.3 is 5.97 Å². The summed E-state index contributed by atoms with van der Waals surface area (Å²) in [7, 11) is 2.94. The zero-order valence-electron chi connectivity index (χ0n) is 16.2. The van der Waals surface area contributed by atoms with Crippen molar-refractivity contribution in [1.82, 2.24) is 19.4 Å². The minimum absolute atomic E-state index is 0.211. The van der Waals surface area contributed by atoms with Crippen LogP contribution in [0.15, 0.2) is 30.7 Å². The first-order chi connectivity index (χ1) is 13.5. The number of pyridine rings is 1. The first-order valence-electron chi connectivity index (χ1n) is 8.88. The lowest BCUT2D eigenvalue weighted by Crippen LogP contribution is -2.24. The van der Waals surface area contributed by atoms with Crippen LogP contribution in [0.1, 0.15) is 16.1 Å². The molecule has 0 radical (unpaired) electrons. The fraction of sp³-hybridized carbons (Fsp3) is 0.421. The summed E-state index contributed by atoms with van der Waals surface area (Å²) in [5, 5.41) is 18.7. The number of rotatable bonds is 9. The molecule has 150 valence electrons. The second-order valence-corrected chi connectivity index (χ2v) is 6.34. The Hall–Kier alpha value is -2.75. The monoisotopic (exact) mass is 388 g/mol. The topological polar surface area (TPSA) is 100 Å². The third-order valence-corrected chi connectivity index (χ3v) is 4.47. The van der Waals surface area contributed by atoms with Gasteiger partial charge in [-0.2, -0.15) is 10.2 Å². The van der Waals surface area contributed by atoms with Crippen molar-refractivity contribution < 1.29 is 24.1 Å². The summed E-state index contributed by atoms with van der Waals surface area (Å²) in [6, 6.07) is 3.78. The molecule has 3 rings (SSSR count). The Kier molecular flexibility index (Phi) is 6.40. The Balaban J connectivity index is 1.78. The maximum absolute atomic E-state index is 11.9. The van der Waals surface area contributed by atoms with Crippen LogP contribution in [-0.4, -0.2) is 70.6 Å². The molecule has 0 aromatic carbocycles. The average Bonchev–Trinajstić information content (AvgIpc) is 3.28. The molecule has 3 aromatic heterocycles. The van der Waals surface area contributed by atoms with E-state index in [0.29, 0.717) is 30.8 Å². The Bertz CT molecular complexity index is 949. The minimum atomic E-state index is -0.674. The number of aliphatic hydroxyl groups is 1. The number of nitrogens with zero attached hydrogens (tertiary/aromatic N) is 4. The highest BCUT2D eigenvalue weighted by Crippen LogP contribution is 2.25. The highest BCUT2D eigenvalue weighted by atomic mass is 16.5. The summed E-state index contributed by atoms with van der Waals surface area (Å²) in [5.74, 6) is -0.434. The van der Waals surface area contributed by atoms with Gasteiger partial charge in [0.2, 0.25) is 0 Å². The molecular weight excluding hydrogens is 364 g/mol. The number of ether oxygens (including phenoxy) is 3. The van der Waals surface area contributed by atoms with Crippen LogP contribution in [0.4, 0.5) is 0 Å². The van der Waals surface area contributed by atoms with Crippen LogP contribution in [0, 0.1) is 6.92 Å². The van der Waals surface area contributed by atoms with Crippen molar-refractivity contribution in [2.24, 2.45) is 0 Å². The highest BCUT2D eigenvalue weighted by molar-refractivity contribution is 5.97. The van der Waals surface area contributed by atoms with E-state index in [-0.39, 0.29) is 6.61 Å². The number of aromatic nitrogens is 4. The first kappa shape index (κ1) is 20.0. The molecule has 3 heterocycles. The van der Waals surface area contributed by atoms with Gasteiger partial charge < -0.3 is 19.3 Å². The van der Waals surface area contributed by atoms with Gasteiger partial charge in [0.05, 0.1) is 57.5 Å². The second kappa shape index (κ2) is 8.96. The molecule has 9 heteroatoms. The quantitative estimate of drug-likeness (QED) is 0.436. The van der Waals surface area contributed by atoms with Gasteiger partial charge in [-0.05, 0) is 24.6 Å². The van der Waals surface area contributed by atoms with E-state index in [2.05, 4.69) is 10.2 Å². The molecular formula is C19H24N4O5. The van der Waals surface area contributed by atoms with E-state index < -0.39 is 12.1 Å². The molecule has 1 atom stereocenters. The van der Waals surface area contributed by atoms with Crippen LogP contribution in [0.5, 0.6) is 0 Å². The van der Waals surface area contributed by atoms with Gasteiger partial charge in [-0.3, -0.25) is 4.68 Å². The third kappa shape index (κ3) is 4.22. The van der Waals surface area contributed by atoms with Gasteiger partial charge in [0, 0.05) is 24.6 Å². The van der Waals surface area contributed by atoms with Crippen LogP contribution in [0.2, 0.25) is 0 Å². The maximum atomic E-state index is 11.9. The molecule has 1 N–H and O–H groups in total.